The number of carbonyl (C=O) groups is 3. The Bertz CT molecular complexity index is 1470. The number of nitrogens with one attached hydrogen (secondary N) is 4. The molecular formula is C33H38N6O5. The summed E-state index contributed by atoms with van der Waals surface area (Å²) in [5, 5.41) is 2.69. The molecule has 1 unspecified atom stereocenters. The first kappa shape index (κ1) is 31.8. The van der Waals surface area contributed by atoms with Crippen LogP contribution in [-0.2, 0) is 33.9 Å². The van der Waals surface area contributed by atoms with Crippen molar-refractivity contribution < 1.29 is 23.9 Å². The molecule has 4 aromatic rings. The van der Waals surface area contributed by atoms with Gasteiger partial charge in [0.25, 0.3) is 5.91 Å². The van der Waals surface area contributed by atoms with Gasteiger partial charge in [-0.3, -0.25) is 15.0 Å². The third-order valence-electron chi connectivity index (χ3n) is 6.99. The van der Waals surface area contributed by atoms with Crippen molar-refractivity contribution in [1.82, 2.24) is 31.0 Å². The summed E-state index contributed by atoms with van der Waals surface area (Å²) < 4.78 is 10.9. The number of benzene rings is 3. The van der Waals surface area contributed by atoms with Gasteiger partial charge in [0.2, 0.25) is 5.91 Å². The van der Waals surface area contributed by atoms with E-state index in [1.165, 1.54) is 11.2 Å². The largest absolute Gasteiger partial charge is 0.496 e. The number of H-pyrrole nitrogens is 1. The molecule has 11 nitrogen and oxygen atoms in total. The molecule has 230 valence electrons. The third-order valence-corrected chi connectivity index (χ3v) is 6.99. The van der Waals surface area contributed by atoms with Crippen LogP contribution in [0.3, 0.4) is 0 Å². The van der Waals surface area contributed by atoms with Gasteiger partial charge in [-0.05, 0) is 23.1 Å². The summed E-state index contributed by atoms with van der Waals surface area (Å²) >= 11 is 0. The van der Waals surface area contributed by atoms with E-state index in [2.05, 4.69) is 33.1 Å². The Labute approximate surface area is 257 Å². The molecule has 0 radical (unpaired) electrons. The second-order valence-corrected chi connectivity index (χ2v) is 10.3. The SMILES string of the molecule is COc1ccccc1CN(CC(=O)NNCC(C)c1ccccc1)C(=O)[C@H](Cc1cnc[nH]1)NC(=O)OCc1ccccc1. The molecule has 44 heavy (non-hydrogen) atoms. The lowest BCUT2D eigenvalue weighted by molar-refractivity contribution is -0.138. The summed E-state index contributed by atoms with van der Waals surface area (Å²) in [5.41, 5.74) is 8.96. The minimum atomic E-state index is -1.05. The second kappa shape index (κ2) is 16.5. The maximum Gasteiger partial charge on any atom is 0.408 e. The summed E-state index contributed by atoms with van der Waals surface area (Å²) in [7, 11) is 1.54. The van der Waals surface area contributed by atoms with Gasteiger partial charge in [0, 0.05) is 37.0 Å². The normalized spacial score (nSPS) is 12.0. The molecule has 1 heterocycles. The number of aromatic amines is 1. The van der Waals surface area contributed by atoms with E-state index < -0.39 is 23.9 Å². The minimum absolute atomic E-state index is 0.0397. The van der Waals surface area contributed by atoms with Crippen molar-refractivity contribution in [1.29, 1.82) is 0 Å². The Morgan fingerprint density at radius 1 is 0.955 bits per heavy atom. The predicted molar refractivity (Wildman–Crippen MR) is 165 cm³/mol. The van der Waals surface area contributed by atoms with Crippen molar-refractivity contribution in [3.05, 3.63) is 120 Å². The predicted octanol–water partition coefficient (Wildman–Crippen LogP) is 3.71. The average molecular weight is 599 g/mol. The molecular weight excluding hydrogens is 560 g/mol. The molecule has 3 amide bonds. The Hall–Kier alpha value is -5.16. The quantitative estimate of drug-likeness (QED) is 0.153. The Kier molecular flexibility index (Phi) is 11.9. The highest BCUT2D eigenvalue weighted by Gasteiger charge is 2.29. The number of imidazole rings is 1. The molecule has 11 heteroatoms. The van der Waals surface area contributed by atoms with Crippen LogP contribution in [0.5, 0.6) is 5.75 Å². The van der Waals surface area contributed by atoms with Crippen LogP contribution in [0.15, 0.2) is 97.5 Å². The fourth-order valence-electron chi connectivity index (χ4n) is 4.61. The van der Waals surface area contributed by atoms with Crippen LogP contribution in [-0.4, -0.2) is 59.0 Å². The molecule has 1 aromatic heterocycles. The Balaban J connectivity index is 1.47. The third kappa shape index (κ3) is 9.70. The number of carbonyl (C=O) groups excluding carboxylic acids is 3. The van der Waals surface area contributed by atoms with Crippen molar-refractivity contribution in [2.45, 2.75) is 38.5 Å². The van der Waals surface area contributed by atoms with Crippen LogP contribution in [0.1, 0.15) is 35.2 Å². The minimum Gasteiger partial charge on any atom is -0.496 e. The van der Waals surface area contributed by atoms with Gasteiger partial charge in [0.1, 0.15) is 24.9 Å². The highest BCUT2D eigenvalue weighted by molar-refractivity contribution is 5.89. The fraction of sp³-hybridized carbons (Fsp3) is 0.273. The van der Waals surface area contributed by atoms with Gasteiger partial charge in [-0.15, -0.1) is 0 Å². The topological polar surface area (TPSA) is 138 Å². The number of alkyl carbamates (subject to hydrolysis) is 1. The number of para-hydroxylation sites is 1. The lowest BCUT2D eigenvalue weighted by Gasteiger charge is -2.28. The summed E-state index contributed by atoms with van der Waals surface area (Å²) in [6.45, 7) is 2.38. The molecule has 0 aliphatic carbocycles. The zero-order valence-corrected chi connectivity index (χ0v) is 24.9. The molecule has 0 saturated heterocycles. The van der Waals surface area contributed by atoms with Crippen LogP contribution in [0.4, 0.5) is 4.79 Å². The summed E-state index contributed by atoms with van der Waals surface area (Å²) in [5.74, 6) is -0.177. The number of methoxy groups -OCH3 is 1. The maximum absolute atomic E-state index is 14.1. The van der Waals surface area contributed by atoms with Gasteiger partial charge in [-0.1, -0.05) is 85.8 Å². The summed E-state index contributed by atoms with van der Waals surface area (Å²) in [6, 6.07) is 25.4. The van der Waals surface area contributed by atoms with Gasteiger partial charge in [0.15, 0.2) is 0 Å². The van der Waals surface area contributed by atoms with Crippen molar-refractivity contribution in [3.8, 4) is 5.75 Å². The van der Waals surface area contributed by atoms with Gasteiger partial charge in [-0.25, -0.2) is 15.2 Å². The van der Waals surface area contributed by atoms with Crippen LogP contribution in [0.25, 0.3) is 0 Å². The first-order valence-corrected chi connectivity index (χ1v) is 14.3. The standard InChI is InChI=1S/C33H38N6O5/c1-24(26-13-7-4-8-14-26)18-36-38-31(40)21-39(20-27-15-9-10-16-30(27)43-2)32(41)29(17-28-19-34-23-35-28)37-33(42)44-22-25-11-5-3-6-12-25/h3-16,19,23-24,29,36H,17-18,20-22H2,1-2H3,(H,34,35)(H,37,42)(H,38,40)/t24?,29-/m0/s1. The number of hydrogen-bond donors (Lipinski definition) is 4. The smallest absolute Gasteiger partial charge is 0.408 e. The first-order chi connectivity index (χ1) is 21.4. The zero-order valence-electron chi connectivity index (χ0n) is 24.9. The van der Waals surface area contributed by atoms with Crippen molar-refractivity contribution in [3.63, 3.8) is 0 Å². The van der Waals surface area contributed by atoms with Gasteiger partial charge >= 0.3 is 6.09 Å². The molecule has 3 aromatic carbocycles. The maximum atomic E-state index is 14.1. The number of amides is 3. The van der Waals surface area contributed by atoms with E-state index in [4.69, 9.17) is 9.47 Å². The number of hydrazine groups is 1. The van der Waals surface area contributed by atoms with Crippen LogP contribution >= 0.6 is 0 Å². The Morgan fingerprint density at radius 2 is 1.66 bits per heavy atom. The van der Waals surface area contributed by atoms with Crippen molar-refractivity contribution in [2.75, 3.05) is 20.2 Å². The molecule has 0 fully saturated rings. The molecule has 0 spiro atoms. The van der Waals surface area contributed by atoms with Crippen LogP contribution in [0, 0.1) is 0 Å². The highest BCUT2D eigenvalue weighted by Crippen LogP contribution is 2.20. The van der Waals surface area contributed by atoms with Gasteiger partial charge in [0.05, 0.1) is 13.4 Å². The zero-order chi connectivity index (χ0) is 31.1. The molecule has 0 saturated carbocycles. The Morgan fingerprint density at radius 3 is 2.36 bits per heavy atom. The highest BCUT2D eigenvalue weighted by atomic mass is 16.5. The molecule has 4 N–H and O–H groups in total. The van der Waals surface area contributed by atoms with E-state index in [-0.39, 0.29) is 32.0 Å². The van der Waals surface area contributed by atoms with Crippen molar-refractivity contribution in [2.24, 2.45) is 0 Å². The number of rotatable bonds is 15. The van der Waals surface area contributed by atoms with Gasteiger partial charge in [-0.2, -0.15) is 0 Å². The average Bonchev–Trinajstić information content (AvgIpc) is 3.57. The van der Waals surface area contributed by atoms with E-state index in [1.54, 1.807) is 19.4 Å². The molecule has 0 aliphatic heterocycles. The lowest BCUT2D eigenvalue weighted by Crippen LogP contribution is -2.53. The van der Waals surface area contributed by atoms with E-state index in [1.807, 2.05) is 78.9 Å². The van der Waals surface area contributed by atoms with Crippen LogP contribution in [0.2, 0.25) is 0 Å². The van der Waals surface area contributed by atoms with Crippen LogP contribution < -0.4 is 20.9 Å². The number of ether oxygens (including phenoxy) is 2. The van der Waals surface area contributed by atoms with E-state index in [0.29, 0.717) is 23.6 Å². The first-order valence-electron chi connectivity index (χ1n) is 14.3. The van der Waals surface area contributed by atoms with E-state index in [9.17, 15) is 14.4 Å². The number of aromatic nitrogens is 2. The summed E-state index contributed by atoms with van der Waals surface area (Å²) in [4.78, 5) is 48.4. The molecule has 2 atom stereocenters. The number of hydrogen-bond acceptors (Lipinski definition) is 7. The van der Waals surface area contributed by atoms with E-state index in [0.717, 1.165) is 11.1 Å². The van der Waals surface area contributed by atoms with Gasteiger partial charge < -0.3 is 24.7 Å². The second-order valence-electron chi connectivity index (χ2n) is 10.3. The van der Waals surface area contributed by atoms with E-state index >= 15 is 0 Å². The fourth-order valence-corrected chi connectivity index (χ4v) is 4.61. The summed E-state index contributed by atoms with van der Waals surface area (Å²) in [6.07, 6.45) is 2.42. The number of nitrogens with zero attached hydrogens (tertiary/aromatic N) is 2. The molecule has 0 bridgehead atoms. The molecule has 4 rings (SSSR count). The molecule has 0 aliphatic rings. The monoisotopic (exact) mass is 598 g/mol. The lowest BCUT2D eigenvalue weighted by atomic mass is 10.0. The van der Waals surface area contributed by atoms with Crippen molar-refractivity contribution >= 4 is 17.9 Å².